The van der Waals surface area contributed by atoms with Crippen LogP contribution in [0.15, 0.2) is 48.8 Å². The summed E-state index contributed by atoms with van der Waals surface area (Å²) in [6.45, 7) is 6.27. The lowest BCUT2D eigenvalue weighted by Gasteiger charge is -2.36. The molecule has 3 rings (SSSR count). The Morgan fingerprint density at radius 1 is 1.15 bits per heavy atom. The van der Waals surface area contributed by atoms with Crippen molar-refractivity contribution in [2.75, 3.05) is 19.8 Å². The number of nitrogens with one attached hydrogen (secondary N) is 1. The molecule has 4 nitrogen and oxygen atoms in total. The number of pyridine rings is 1. The normalized spacial score (nSPS) is 16.4. The summed E-state index contributed by atoms with van der Waals surface area (Å²) in [5.41, 5.74) is 3.09. The van der Waals surface area contributed by atoms with Crippen molar-refractivity contribution >= 4 is 5.91 Å². The van der Waals surface area contributed by atoms with Crippen LogP contribution >= 0.6 is 0 Å². The Hall–Kier alpha value is -2.20. The highest BCUT2D eigenvalue weighted by Gasteiger charge is 2.39. The summed E-state index contributed by atoms with van der Waals surface area (Å²) in [6.07, 6.45) is 5.97. The summed E-state index contributed by atoms with van der Waals surface area (Å²) >= 11 is 0. The van der Waals surface area contributed by atoms with Gasteiger partial charge in [-0.05, 0) is 47.9 Å². The van der Waals surface area contributed by atoms with Crippen LogP contribution in [0.25, 0.3) is 11.1 Å². The second-order valence-electron chi connectivity index (χ2n) is 7.61. The second kappa shape index (κ2) is 8.45. The molecule has 1 amide bonds. The third-order valence-electron chi connectivity index (χ3n) is 5.09. The van der Waals surface area contributed by atoms with E-state index in [9.17, 15) is 4.79 Å². The van der Waals surface area contributed by atoms with Gasteiger partial charge in [-0.3, -0.25) is 9.78 Å². The Bertz CT molecular complexity index is 705. The lowest BCUT2D eigenvalue weighted by atomic mass is 9.74. The van der Waals surface area contributed by atoms with Crippen LogP contribution in [-0.2, 0) is 16.0 Å². The molecule has 26 heavy (non-hydrogen) atoms. The number of benzene rings is 1. The first-order valence-electron chi connectivity index (χ1n) is 9.44. The highest BCUT2D eigenvalue weighted by Crippen LogP contribution is 2.35. The second-order valence-corrected chi connectivity index (χ2v) is 7.61. The van der Waals surface area contributed by atoms with Gasteiger partial charge in [0.2, 0.25) is 5.91 Å². The molecule has 1 aromatic carbocycles. The van der Waals surface area contributed by atoms with Crippen molar-refractivity contribution in [2.24, 2.45) is 11.3 Å². The molecule has 0 bridgehead atoms. The summed E-state index contributed by atoms with van der Waals surface area (Å²) < 4.78 is 5.53. The number of hydrogen-bond acceptors (Lipinski definition) is 3. The van der Waals surface area contributed by atoms with Crippen LogP contribution in [0, 0.1) is 11.3 Å². The van der Waals surface area contributed by atoms with Crippen molar-refractivity contribution < 1.29 is 9.53 Å². The zero-order chi connectivity index (χ0) is 18.4. The summed E-state index contributed by atoms with van der Waals surface area (Å²) in [5, 5.41) is 3.15. The fraction of sp³-hybridized carbons (Fsp3) is 0.455. The van der Waals surface area contributed by atoms with Gasteiger partial charge in [-0.25, -0.2) is 0 Å². The molecule has 0 spiro atoms. The molecule has 2 aromatic rings. The highest BCUT2D eigenvalue weighted by atomic mass is 16.5. The molecule has 0 atom stereocenters. The molecule has 1 N–H and O–H groups in total. The molecule has 0 saturated carbocycles. The average Bonchev–Trinajstić information content (AvgIpc) is 2.68. The molecule has 138 valence electrons. The van der Waals surface area contributed by atoms with Gasteiger partial charge in [0, 0.05) is 32.2 Å². The number of ether oxygens (including phenoxy) is 1. The first-order valence-corrected chi connectivity index (χ1v) is 9.44. The summed E-state index contributed by atoms with van der Waals surface area (Å²) in [6, 6.07) is 12.5. The Morgan fingerprint density at radius 2 is 1.88 bits per heavy atom. The van der Waals surface area contributed by atoms with E-state index < -0.39 is 0 Å². The molecule has 1 aliphatic heterocycles. The molecule has 1 aromatic heterocycles. The smallest absolute Gasteiger partial charge is 0.226 e. The number of nitrogens with zero attached hydrogens (tertiary/aromatic N) is 1. The number of carbonyl (C=O) groups is 1. The molecule has 4 heteroatoms. The van der Waals surface area contributed by atoms with Crippen LogP contribution in [-0.4, -0.2) is 30.6 Å². The quantitative estimate of drug-likeness (QED) is 0.859. The number of rotatable bonds is 6. The minimum absolute atomic E-state index is 0.172. The Morgan fingerprint density at radius 3 is 2.50 bits per heavy atom. The molecule has 0 radical (unpaired) electrons. The van der Waals surface area contributed by atoms with Crippen molar-refractivity contribution in [1.82, 2.24) is 10.3 Å². The molecule has 2 heterocycles. The summed E-state index contributed by atoms with van der Waals surface area (Å²) in [5.74, 6) is 0.625. The van der Waals surface area contributed by atoms with E-state index in [0.717, 1.165) is 36.9 Å². The van der Waals surface area contributed by atoms with E-state index in [4.69, 9.17) is 4.74 Å². The standard InChI is InChI=1S/C22H28N2O2/c1-17(2)15-24-21(25)22(9-12-26-13-10-22)14-18-5-7-19(8-6-18)20-4-3-11-23-16-20/h3-8,11,16-17H,9-10,12-15H2,1-2H3,(H,24,25). The predicted octanol–water partition coefficient (Wildman–Crippen LogP) is 3.86. The largest absolute Gasteiger partial charge is 0.381 e. The molecule has 1 saturated heterocycles. The first kappa shape index (κ1) is 18.6. The maximum atomic E-state index is 12.9. The zero-order valence-corrected chi connectivity index (χ0v) is 15.7. The van der Waals surface area contributed by atoms with Crippen molar-refractivity contribution in [3.8, 4) is 11.1 Å². The van der Waals surface area contributed by atoms with Gasteiger partial charge in [0.25, 0.3) is 0 Å². The molecule has 1 fully saturated rings. The molecule has 0 unspecified atom stereocenters. The average molecular weight is 352 g/mol. The summed E-state index contributed by atoms with van der Waals surface area (Å²) in [7, 11) is 0. The van der Waals surface area contributed by atoms with Gasteiger partial charge in [0.1, 0.15) is 0 Å². The minimum Gasteiger partial charge on any atom is -0.381 e. The highest BCUT2D eigenvalue weighted by molar-refractivity contribution is 5.83. The number of aromatic nitrogens is 1. The van der Waals surface area contributed by atoms with E-state index in [0.29, 0.717) is 19.1 Å². The maximum Gasteiger partial charge on any atom is 0.226 e. The fourth-order valence-corrected chi connectivity index (χ4v) is 3.47. The van der Waals surface area contributed by atoms with Crippen molar-refractivity contribution in [2.45, 2.75) is 33.1 Å². The molecule has 0 aliphatic carbocycles. The van der Waals surface area contributed by atoms with Gasteiger partial charge in [0.15, 0.2) is 0 Å². The maximum absolute atomic E-state index is 12.9. The van der Waals surface area contributed by atoms with Crippen molar-refractivity contribution in [3.63, 3.8) is 0 Å². The van der Waals surface area contributed by atoms with Gasteiger partial charge in [-0.1, -0.05) is 44.2 Å². The van der Waals surface area contributed by atoms with Crippen LogP contribution < -0.4 is 5.32 Å². The predicted molar refractivity (Wildman–Crippen MR) is 104 cm³/mol. The number of carbonyl (C=O) groups excluding carboxylic acids is 1. The van der Waals surface area contributed by atoms with Crippen LogP contribution in [0.2, 0.25) is 0 Å². The monoisotopic (exact) mass is 352 g/mol. The fourth-order valence-electron chi connectivity index (χ4n) is 3.47. The van der Waals surface area contributed by atoms with E-state index in [1.807, 2.05) is 12.3 Å². The van der Waals surface area contributed by atoms with Crippen LogP contribution in [0.1, 0.15) is 32.3 Å². The third-order valence-corrected chi connectivity index (χ3v) is 5.09. The van der Waals surface area contributed by atoms with E-state index in [1.54, 1.807) is 6.20 Å². The van der Waals surface area contributed by atoms with Gasteiger partial charge < -0.3 is 10.1 Å². The minimum atomic E-state index is -0.358. The van der Waals surface area contributed by atoms with Crippen LogP contribution in [0.4, 0.5) is 0 Å². The Labute approximate surface area is 156 Å². The lowest BCUT2D eigenvalue weighted by molar-refractivity contribution is -0.136. The lowest BCUT2D eigenvalue weighted by Crippen LogP contribution is -2.47. The SMILES string of the molecule is CC(C)CNC(=O)C1(Cc2ccc(-c3cccnc3)cc2)CCOCC1. The number of amides is 1. The van der Waals surface area contributed by atoms with Gasteiger partial charge in [-0.2, -0.15) is 0 Å². The van der Waals surface area contributed by atoms with Crippen molar-refractivity contribution in [1.29, 1.82) is 0 Å². The summed E-state index contributed by atoms with van der Waals surface area (Å²) in [4.78, 5) is 17.1. The van der Waals surface area contributed by atoms with E-state index in [1.165, 1.54) is 5.56 Å². The molecular formula is C22H28N2O2. The van der Waals surface area contributed by atoms with Crippen LogP contribution in [0.5, 0.6) is 0 Å². The molecule has 1 aliphatic rings. The van der Waals surface area contributed by atoms with E-state index >= 15 is 0 Å². The topological polar surface area (TPSA) is 51.2 Å². The van der Waals surface area contributed by atoms with Gasteiger partial charge in [0.05, 0.1) is 5.41 Å². The Kier molecular flexibility index (Phi) is 6.04. The van der Waals surface area contributed by atoms with Gasteiger partial charge >= 0.3 is 0 Å². The Balaban J connectivity index is 1.75. The van der Waals surface area contributed by atoms with Gasteiger partial charge in [-0.15, -0.1) is 0 Å². The third kappa shape index (κ3) is 4.50. The first-order chi connectivity index (χ1) is 12.6. The van der Waals surface area contributed by atoms with E-state index in [2.05, 4.69) is 54.5 Å². The van der Waals surface area contributed by atoms with Crippen LogP contribution in [0.3, 0.4) is 0 Å². The molecular weight excluding hydrogens is 324 g/mol. The number of hydrogen-bond donors (Lipinski definition) is 1. The van der Waals surface area contributed by atoms with E-state index in [-0.39, 0.29) is 11.3 Å². The zero-order valence-electron chi connectivity index (χ0n) is 15.7. The van der Waals surface area contributed by atoms with Crippen molar-refractivity contribution in [3.05, 3.63) is 54.4 Å².